The van der Waals surface area contributed by atoms with Crippen molar-refractivity contribution in [2.75, 3.05) is 13.1 Å². The highest BCUT2D eigenvalue weighted by Gasteiger charge is 2.12. The Hall–Kier alpha value is 0.650. The monoisotopic (exact) mass is 254 g/mol. The van der Waals surface area contributed by atoms with E-state index in [0.29, 0.717) is 10.1 Å². The van der Waals surface area contributed by atoms with Crippen LogP contribution in [-0.4, -0.2) is 23.2 Å². The summed E-state index contributed by atoms with van der Waals surface area (Å²) in [5.74, 6) is 0. The van der Waals surface area contributed by atoms with Crippen LogP contribution in [0.2, 0.25) is 0 Å². The molecule has 0 saturated carbocycles. The van der Waals surface area contributed by atoms with Gasteiger partial charge in [-0.15, -0.1) is 0 Å². The van der Waals surface area contributed by atoms with Gasteiger partial charge in [0, 0.05) is 12.6 Å². The smallest absolute Gasteiger partial charge is 0.0567 e. The Morgan fingerprint density at radius 2 is 2.50 bits per heavy atom. The zero-order chi connectivity index (χ0) is 7.40. The summed E-state index contributed by atoms with van der Waals surface area (Å²) in [4.78, 5) is 0. The number of piperidine rings is 1. The molecule has 0 aliphatic carbocycles. The maximum absolute atomic E-state index is 3.51. The van der Waals surface area contributed by atoms with Crippen LogP contribution < -0.4 is 10.6 Å². The second kappa shape index (κ2) is 4.51. The van der Waals surface area contributed by atoms with E-state index in [1.54, 1.807) is 0 Å². The molecule has 1 fully saturated rings. The standard InChI is InChI=1S/C7H15IN2/c1-6(8)10-7-3-2-4-9-5-7/h6-7,9-10H,2-5H2,1H3. The molecule has 1 rings (SSSR count). The fourth-order valence-corrected chi connectivity index (χ4v) is 1.83. The Kier molecular flexibility index (Phi) is 3.95. The summed E-state index contributed by atoms with van der Waals surface area (Å²) in [6.45, 7) is 4.54. The summed E-state index contributed by atoms with van der Waals surface area (Å²) >= 11 is 2.41. The van der Waals surface area contributed by atoms with Crippen LogP contribution in [0.15, 0.2) is 0 Å². The van der Waals surface area contributed by atoms with E-state index in [2.05, 4.69) is 40.1 Å². The fourth-order valence-electron chi connectivity index (χ4n) is 1.32. The molecular weight excluding hydrogens is 239 g/mol. The van der Waals surface area contributed by atoms with Crippen LogP contribution in [0, 0.1) is 0 Å². The summed E-state index contributed by atoms with van der Waals surface area (Å²) in [7, 11) is 0. The van der Waals surface area contributed by atoms with Crippen molar-refractivity contribution in [1.82, 2.24) is 10.6 Å². The van der Waals surface area contributed by atoms with Crippen LogP contribution in [0.1, 0.15) is 19.8 Å². The third-order valence-electron chi connectivity index (χ3n) is 1.76. The van der Waals surface area contributed by atoms with E-state index in [9.17, 15) is 0 Å². The molecule has 0 bridgehead atoms. The molecule has 0 amide bonds. The molecule has 3 heteroatoms. The normalized spacial score (nSPS) is 30.0. The van der Waals surface area contributed by atoms with Crippen LogP contribution in [0.3, 0.4) is 0 Å². The molecule has 0 aromatic rings. The van der Waals surface area contributed by atoms with E-state index in [1.165, 1.54) is 19.4 Å². The SMILES string of the molecule is CC(I)NC1CCCNC1. The van der Waals surface area contributed by atoms with Gasteiger partial charge in [0.1, 0.15) is 0 Å². The summed E-state index contributed by atoms with van der Waals surface area (Å²) in [5, 5.41) is 6.88. The Labute approximate surface area is 76.3 Å². The summed E-state index contributed by atoms with van der Waals surface area (Å²) in [6.07, 6.45) is 2.65. The molecule has 60 valence electrons. The van der Waals surface area contributed by atoms with Crippen molar-refractivity contribution >= 4 is 22.6 Å². The molecule has 0 aromatic heterocycles. The van der Waals surface area contributed by atoms with Gasteiger partial charge in [0.2, 0.25) is 0 Å². The second-order valence-electron chi connectivity index (χ2n) is 2.83. The first-order chi connectivity index (χ1) is 4.79. The molecule has 1 aliphatic rings. The molecule has 2 atom stereocenters. The summed E-state index contributed by atoms with van der Waals surface area (Å²) in [6, 6.07) is 0.709. The number of hydrogen-bond acceptors (Lipinski definition) is 2. The van der Waals surface area contributed by atoms with Gasteiger partial charge in [-0.1, -0.05) is 22.6 Å². The van der Waals surface area contributed by atoms with Gasteiger partial charge < -0.3 is 10.6 Å². The minimum absolute atomic E-state index is 0.600. The second-order valence-corrected chi connectivity index (χ2v) is 4.69. The largest absolute Gasteiger partial charge is 0.315 e. The molecule has 1 saturated heterocycles. The third kappa shape index (κ3) is 3.16. The van der Waals surface area contributed by atoms with Crippen LogP contribution in [0.5, 0.6) is 0 Å². The molecule has 2 nitrogen and oxygen atoms in total. The van der Waals surface area contributed by atoms with Crippen molar-refractivity contribution in [2.45, 2.75) is 29.9 Å². The van der Waals surface area contributed by atoms with Crippen molar-refractivity contribution in [3.63, 3.8) is 0 Å². The zero-order valence-electron chi connectivity index (χ0n) is 6.36. The predicted octanol–water partition coefficient (Wildman–Crippen LogP) is 1.11. The topological polar surface area (TPSA) is 24.1 Å². The molecule has 10 heavy (non-hydrogen) atoms. The molecule has 0 radical (unpaired) electrons. The number of alkyl halides is 1. The summed E-state index contributed by atoms with van der Waals surface area (Å²) < 4.78 is 0.600. The van der Waals surface area contributed by atoms with Crippen molar-refractivity contribution in [1.29, 1.82) is 0 Å². The Balaban J connectivity index is 2.13. The lowest BCUT2D eigenvalue weighted by Gasteiger charge is -2.25. The third-order valence-corrected chi connectivity index (χ3v) is 2.12. The number of halogens is 1. The fraction of sp³-hybridized carbons (Fsp3) is 1.00. The summed E-state index contributed by atoms with van der Waals surface area (Å²) in [5.41, 5.74) is 0. The zero-order valence-corrected chi connectivity index (χ0v) is 8.52. The van der Waals surface area contributed by atoms with E-state index >= 15 is 0 Å². The maximum atomic E-state index is 3.51. The first kappa shape index (κ1) is 8.74. The van der Waals surface area contributed by atoms with E-state index in [1.807, 2.05) is 0 Å². The van der Waals surface area contributed by atoms with Gasteiger partial charge in [-0.25, -0.2) is 0 Å². The Bertz CT molecular complexity index is 89.6. The molecule has 1 heterocycles. The van der Waals surface area contributed by atoms with Crippen molar-refractivity contribution in [3.8, 4) is 0 Å². The highest BCUT2D eigenvalue weighted by atomic mass is 127. The molecular formula is C7H15IN2. The van der Waals surface area contributed by atoms with Crippen LogP contribution >= 0.6 is 22.6 Å². The highest BCUT2D eigenvalue weighted by molar-refractivity contribution is 14.1. The van der Waals surface area contributed by atoms with E-state index < -0.39 is 0 Å². The molecule has 0 aromatic carbocycles. The average molecular weight is 254 g/mol. The lowest BCUT2D eigenvalue weighted by atomic mass is 10.1. The minimum atomic E-state index is 0.600. The van der Waals surface area contributed by atoms with Gasteiger partial charge in [-0.2, -0.15) is 0 Å². The van der Waals surface area contributed by atoms with Gasteiger partial charge in [0.05, 0.1) is 4.05 Å². The molecule has 1 aliphatic heterocycles. The number of hydrogen-bond donors (Lipinski definition) is 2. The van der Waals surface area contributed by atoms with Crippen molar-refractivity contribution in [2.24, 2.45) is 0 Å². The Morgan fingerprint density at radius 3 is 3.00 bits per heavy atom. The quantitative estimate of drug-likeness (QED) is 0.438. The highest BCUT2D eigenvalue weighted by Crippen LogP contribution is 2.04. The van der Waals surface area contributed by atoms with Crippen LogP contribution in [0.25, 0.3) is 0 Å². The van der Waals surface area contributed by atoms with E-state index in [-0.39, 0.29) is 0 Å². The van der Waals surface area contributed by atoms with Gasteiger partial charge in [-0.3, -0.25) is 0 Å². The lowest BCUT2D eigenvalue weighted by molar-refractivity contribution is 0.393. The van der Waals surface area contributed by atoms with E-state index in [4.69, 9.17) is 0 Å². The molecule has 2 unspecified atom stereocenters. The first-order valence-electron chi connectivity index (χ1n) is 3.90. The minimum Gasteiger partial charge on any atom is -0.315 e. The van der Waals surface area contributed by atoms with Crippen molar-refractivity contribution < 1.29 is 0 Å². The maximum Gasteiger partial charge on any atom is 0.0567 e. The Morgan fingerprint density at radius 1 is 1.70 bits per heavy atom. The average Bonchev–Trinajstić information content (AvgIpc) is 1.88. The van der Waals surface area contributed by atoms with Crippen molar-refractivity contribution in [3.05, 3.63) is 0 Å². The number of rotatable bonds is 2. The molecule has 2 N–H and O–H groups in total. The van der Waals surface area contributed by atoms with Gasteiger partial charge >= 0.3 is 0 Å². The van der Waals surface area contributed by atoms with Gasteiger partial charge in [0.25, 0.3) is 0 Å². The lowest BCUT2D eigenvalue weighted by Crippen LogP contribution is -2.44. The number of nitrogens with one attached hydrogen (secondary N) is 2. The van der Waals surface area contributed by atoms with Gasteiger partial charge in [0.15, 0.2) is 0 Å². The first-order valence-corrected chi connectivity index (χ1v) is 5.14. The van der Waals surface area contributed by atoms with E-state index in [0.717, 1.165) is 6.54 Å². The van der Waals surface area contributed by atoms with Gasteiger partial charge in [-0.05, 0) is 26.3 Å². The van der Waals surface area contributed by atoms with Crippen LogP contribution in [0.4, 0.5) is 0 Å². The predicted molar refractivity (Wildman–Crippen MR) is 52.5 cm³/mol. The molecule has 0 spiro atoms. The van der Waals surface area contributed by atoms with Crippen LogP contribution in [-0.2, 0) is 0 Å².